The Bertz CT molecular complexity index is 1350. The molecule has 0 atom stereocenters. The zero-order valence-electron chi connectivity index (χ0n) is 21.9. The number of para-hydroxylation sites is 1. The van der Waals surface area contributed by atoms with Gasteiger partial charge in [-0.05, 0) is 60.9 Å². The second-order valence-corrected chi connectivity index (χ2v) is 10.8. The molecule has 0 aliphatic carbocycles. The van der Waals surface area contributed by atoms with E-state index in [4.69, 9.17) is 4.74 Å². The van der Waals surface area contributed by atoms with Gasteiger partial charge in [0.05, 0.1) is 30.4 Å². The van der Waals surface area contributed by atoms with Crippen molar-refractivity contribution in [1.29, 1.82) is 0 Å². The quantitative estimate of drug-likeness (QED) is 0.436. The number of nitrogens with zero attached hydrogens (tertiary/aromatic N) is 2. The lowest BCUT2D eigenvalue weighted by molar-refractivity contribution is -0.114. The van der Waals surface area contributed by atoms with E-state index in [0.717, 1.165) is 54.6 Å². The van der Waals surface area contributed by atoms with Crippen LogP contribution in [0.2, 0.25) is 0 Å². The molecule has 0 saturated carbocycles. The van der Waals surface area contributed by atoms with Gasteiger partial charge in [0, 0.05) is 36.6 Å². The molecule has 38 heavy (non-hydrogen) atoms. The van der Waals surface area contributed by atoms with Crippen molar-refractivity contribution in [2.45, 2.75) is 25.3 Å². The molecule has 1 saturated heterocycles. The first kappa shape index (κ1) is 26.2. The number of fused-ring (bicyclic) bond motifs is 1. The molecule has 0 unspecified atom stereocenters. The number of rotatable bonds is 7. The van der Waals surface area contributed by atoms with Gasteiger partial charge < -0.3 is 15.0 Å². The van der Waals surface area contributed by atoms with Crippen LogP contribution in [-0.2, 0) is 16.1 Å². The topological polar surface area (TPSA) is 61.9 Å². The minimum atomic E-state index is -0.0887. The van der Waals surface area contributed by atoms with Crippen LogP contribution < -0.4 is 10.2 Å². The lowest BCUT2D eigenvalue weighted by Crippen LogP contribution is -2.41. The number of hydrogen-bond donors (Lipinski definition) is 1. The number of carbonyl (C=O) groups is 2. The van der Waals surface area contributed by atoms with Gasteiger partial charge in [-0.2, -0.15) is 0 Å². The third-order valence-corrected chi connectivity index (χ3v) is 8.03. The van der Waals surface area contributed by atoms with Crippen molar-refractivity contribution in [2.24, 2.45) is 0 Å². The van der Waals surface area contributed by atoms with Crippen LogP contribution in [0.25, 0.3) is 6.08 Å². The van der Waals surface area contributed by atoms with E-state index in [1.54, 1.807) is 0 Å². The van der Waals surface area contributed by atoms with Crippen molar-refractivity contribution in [2.75, 3.05) is 44.3 Å². The molecule has 6 nitrogen and oxygen atoms in total. The molecular weight excluding hydrogens is 494 g/mol. The fraction of sp³-hybridized carbons (Fsp3) is 0.290. The molecule has 5 rings (SSSR count). The summed E-state index contributed by atoms with van der Waals surface area (Å²) in [5.41, 5.74) is 5.92. The third kappa shape index (κ3) is 6.18. The summed E-state index contributed by atoms with van der Waals surface area (Å²) in [6.45, 7) is 9.41. The smallest absolute Gasteiger partial charge is 0.265 e. The van der Waals surface area contributed by atoms with E-state index in [1.807, 2.05) is 53.4 Å². The summed E-state index contributed by atoms with van der Waals surface area (Å²) in [6.07, 6.45) is 1.92. The molecule has 3 aromatic carbocycles. The highest BCUT2D eigenvalue weighted by Gasteiger charge is 2.29. The Hall–Kier alpha value is -3.39. The van der Waals surface area contributed by atoms with Crippen molar-refractivity contribution in [1.82, 2.24) is 10.2 Å². The predicted octanol–water partition coefficient (Wildman–Crippen LogP) is 5.05. The highest BCUT2D eigenvalue weighted by atomic mass is 32.2. The van der Waals surface area contributed by atoms with Crippen LogP contribution in [-0.4, -0.2) is 56.1 Å². The number of benzene rings is 3. The number of thioether (sulfide) groups is 1. The van der Waals surface area contributed by atoms with Gasteiger partial charge >= 0.3 is 0 Å². The van der Waals surface area contributed by atoms with E-state index in [1.165, 1.54) is 22.9 Å². The molecule has 2 heterocycles. The van der Waals surface area contributed by atoms with Crippen LogP contribution in [0.5, 0.6) is 0 Å². The van der Waals surface area contributed by atoms with Crippen molar-refractivity contribution in [3.05, 3.63) is 99.5 Å². The molecule has 2 amide bonds. The van der Waals surface area contributed by atoms with E-state index in [0.29, 0.717) is 23.6 Å². The van der Waals surface area contributed by atoms with Gasteiger partial charge in [0.25, 0.3) is 11.8 Å². The van der Waals surface area contributed by atoms with Crippen LogP contribution in [0.15, 0.2) is 76.5 Å². The first-order valence-electron chi connectivity index (χ1n) is 13.0. The number of amides is 2. The van der Waals surface area contributed by atoms with Crippen LogP contribution in [0.3, 0.4) is 0 Å². The maximum atomic E-state index is 13.7. The summed E-state index contributed by atoms with van der Waals surface area (Å²) in [5.74, 6) is -0.103. The Morgan fingerprint density at radius 2 is 1.79 bits per heavy atom. The van der Waals surface area contributed by atoms with Gasteiger partial charge in [-0.25, -0.2) is 0 Å². The number of morpholine rings is 1. The molecule has 1 N–H and O–H groups in total. The maximum Gasteiger partial charge on any atom is 0.265 e. The molecule has 2 aliphatic rings. The number of aryl methyl sites for hydroxylation is 2. The normalized spacial score (nSPS) is 16.9. The number of carbonyl (C=O) groups excluding carboxylic acids is 2. The van der Waals surface area contributed by atoms with E-state index < -0.39 is 0 Å². The summed E-state index contributed by atoms with van der Waals surface area (Å²) in [5, 5.41) is 3.00. The zero-order valence-corrected chi connectivity index (χ0v) is 22.7. The van der Waals surface area contributed by atoms with Gasteiger partial charge in [-0.15, -0.1) is 0 Å². The Morgan fingerprint density at radius 3 is 2.58 bits per heavy atom. The minimum Gasteiger partial charge on any atom is -0.379 e. The van der Waals surface area contributed by atoms with Crippen LogP contribution in [0.1, 0.15) is 32.6 Å². The van der Waals surface area contributed by atoms with Crippen LogP contribution in [0, 0.1) is 13.8 Å². The Morgan fingerprint density at radius 1 is 1.03 bits per heavy atom. The zero-order chi connectivity index (χ0) is 26.5. The summed E-state index contributed by atoms with van der Waals surface area (Å²) < 4.78 is 5.37. The van der Waals surface area contributed by atoms with Crippen LogP contribution >= 0.6 is 11.8 Å². The van der Waals surface area contributed by atoms with Gasteiger partial charge in [0.1, 0.15) is 0 Å². The van der Waals surface area contributed by atoms with Crippen molar-refractivity contribution in [3.8, 4) is 0 Å². The minimum absolute atomic E-state index is 0.0143. The predicted molar refractivity (Wildman–Crippen MR) is 153 cm³/mol. The Kier molecular flexibility index (Phi) is 8.27. The molecule has 1 fully saturated rings. The molecule has 3 aromatic rings. The first-order valence-corrected chi connectivity index (χ1v) is 13.8. The molecule has 196 valence electrons. The van der Waals surface area contributed by atoms with Crippen molar-refractivity contribution < 1.29 is 14.3 Å². The molecule has 0 radical (unpaired) electrons. The number of ether oxygens (including phenoxy) is 1. The lowest BCUT2D eigenvalue weighted by atomic mass is 10.0. The second-order valence-electron chi connectivity index (χ2n) is 9.73. The summed E-state index contributed by atoms with van der Waals surface area (Å²) in [7, 11) is 0. The fourth-order valence-electron chi connectivity index (χ4n) is 4.70. The molecule has 0 aromatic heterocycles. The van der Waals surface area contributed by atoms with Crippen LogP contribution in [0.4, 0.5) is 5.69 Å². The van der Waals surface area contributed by atoms with Gasteiger partial charge in [0.2, 0.25) is 0 Å². The number of nitrogens with one attached hydrogen (secondary N) is 1. The van der Waals surface area contributed by atoms with Gasteiger partial charge in [-0.1, -0.05) is 59.8 Å². The molecule has 0 bridgehead atoms. The SMILES string of the molecule is Cc1ccc(C)c(CN2C(=O)C(=Cc3ccc(C(=O)NCCN4CCOCC4)cc3)Sc3ccccc32)c1. The van der Waals surface area contributed by atoms with Crippen molar-refractivity contribution in [3.63, 3.8) is 0 Å². The maximum absolute atomic E-state index is 13.7. The Labute approximate surface area is 228 Å². The highest BCUT2D eigenvalue weighted by Crippen LogP contribution is 2.42. The first-order chi connectivity index (χ1) is 18.5. The van der Waals surface area contributed by atoms with Crippen molar-refractivity contribution >= 4 is 35.3 Å². The van der Waals surface area contributed by atoms with E-state index in [9.17, 15) is 9.59 Å². The second kappa shape index (κ2) is 12.0. The standard InChI is InChI=1S/C31H33N3O3S/c1-22-7-8-23(2)26(19-22)21-34-27-5-3-4-6-28(27)38-29(31(34)36)20-24-9-11-25(12-10-24)30(35)32-13-14-33-15-17-37-18-16-33/h3-12,19-20H,13-18,21H2,1-2H3,(H,32,35). The Balaban J connectivity index is 1.29. The largest absolute Gasteiger partial charge is 0.379 e. The van der Waals surface area contributed by atoms with Gasteiger partial charge in [0.15, 0.2) is 0 Å². The number of anilines is 1. The summed E-state index contributed by atoms with van der Waals surface area (Å²) >= 11 is 1.49. The molecule has 7 heteroatoms. The molecular formula is C31H33N3O3S. The monoisotopic (exact) mass is 527 g/mol. The van der Waals surface area contributed by atoms with E-state index >= 15 is 0 Å². The summed E-state index contributed by atoms with van der Waals surface area (Å²) in [6, 6.07) is 21.8. The molecule has 2 aliphatic heterocycles. The average Bonchev–Trinajstić information content (AvgIpc) is 2.94. The fourth-order valence-corrected chi connectivity index (χ4v) is 5.76. The van der Waals surface area contributed by atoms with E-state index in [-0.39, 0.29) is 11.8 Å². The average molecular weight is 528 g/mol. The van der Waals surface area contributed by atoms with E-state index in [2.05, 4.69) is 48.3 Å². The summed E-state index contributed by atoms with van der Waals surface area (Å²) in [4.78, 5) is 32.2. The third-order valence-electron chi connectivity index (χ3n) is 6.95. The lowest BCUT2D eigenvalue weighted by Gasteiger charge is -2.31. The van der Waals surface area contributed by atoms with Gasteiger partial charge in [-0.3, -0.25) is 14.5 Å². The highest BCUT2D eigenvalue weighted by molar-refractivity contribution is 8.04. The number of hydrogen-bond acceptors (Lipinski definition) is 5. The molecule has 0 spiro atoms.